The van der Waals surface area contributed by atoms with Crippen LogP contribution in [0.15, 0.2) is 40.3 Å². The molecule has 1 spiro atoms. The number of allylic oxidation sites excluding steroid dienone is 1. The second kappa shape index (κ2) is 11.0. The fourth-order valence-corrected chi connectivity index (χ4v) is 8.80. The Kier molecular flexibility index (Phi) is 9.28. The van der Waals surface area contributed by atoms with Crippen molar-refractivity contribution in [2.45, 2.75) is 86.1 Å². The van der Waals surface area contributed by atoms with Crippen molar-refractivity contribution in [1.82, 2.24) is 0 Å². The van der Waals surface area contributed by atoms with Crippen molar-refractivity contribution in [1.29, 1.82) is 0 Å². The van der Waals surface area contributed by atoms with Crippen LogP contribution in [0.5, 0.6) is 0 Å². The molecule has 0 aromatic heterocycles. The summed E-state index contributed by atoms with van der Waals surface area (Å²) in [6.07, 6.45) is 14.3. The summed E-state index contributed by atoms with van der Waals surface area (Å²) in [5, 5.41) is 23.6. The van der Waals surface area contributed by atoms with Crippen LogP contribution in [0.2, 0.25) is 0 Å². The standard InChI is InChI=1S/C29H36O4S.3H2S/c1-4-28(31)13-10-23-21-9-12-27(30)18-29(32-15-16-33-29)14-11-24(27)25(21)22(17-26(23,28)2)19-5-7-20(34-3)8-6-19;;;/h1,5-8,21-23,30-31H,9-18H2,2-3H3;3*1H2/t21-,22+,23-,26-,27+,28-;;;/m0.../s1. The van der Waals surface area contributed by atoms with Gasteiger partial charge in [-0.1, -0.05) is 30.6 Å². The molecule has 1 aromatic carbocycles. The van der Waals surface area contributed by atoms with E-state index >= 15 is 0 Å². The van der Waals surface area contributed by atoms with Gasteiger partial charge in [-0.05, 0) is 79.9 Å². The van der Waals surface area contributed by atoms with Gasteiger partial charge in [-0.25, -0.2) is 0 Å². The monoisotopic (exact) mass is 582 g/mol. The van der Waals surface area contributed by atoms with Crippen LogP contribution >= 0.6 is 52.2 Å². The zero-order valence-electron chi connectivity index (χ0n) is 21.8. The molecule has 1 aromatic rings. The van der Waals surface area contributed by atoms with Gasteiger partial charge in [0.15, 0.2) is 5.79 Å². The van der Waals surface area contributed by atoms with Gasteiger partial charge in [0.25, 0.3) is 0 Å². The molecule has 8 heteroatoms. The number of hydrogen-bond donors (Lipinski definition) is 2. The van der Waals surface area contributed by atoms with Crippen LogP contribution in [0, 0.1) is 29.6 Å². The Hall–Kier alpha value is -0.240. The van der Waals surface area contributed by atoms with Crippen LogP contribution in [0.25, 0.3) is 0 Å². The largest absolute Gasteiger partial charge is 0.385 e. The highest BCUT2D eigenvalue weighted by atomic mass is 32.2. The van der Waals surface area contributed by atoms with E-state index < -0.39 is 17.0 Å². The van der Waals surface area contributed by atoms with Gasteiger partial charge in [0, 0.05) is 29.1 Å². The molecule has 0 amide bonds. The van der Waals surface area contributed by atoms with Gasteiger partial charge in [-0.2, -0.15) is 40.5 Å². The summed E-state index contributed by atoms with van der Waals surface area (Å²) in [5.41, 5.74) is 1.66. The van der Waals surface area contributed by atoms with E-state index in [9.17, 15) is 10.2 Å². The lowest BCUT2D eigenvalue weighted by molar-refractivity contribution is -0.208. The predicted molar refractivity (Wildman–Crippen MR) is 165 cm³/mol. The molecule has 0 radical (unpaired) electrons. The Balaban J connectivity index is 0.00000127. The van der Waals surface area contributed by atoms with Crippen LogP contribution in [0.1, 0.15) is 69.8 Å². The van der Waals surface area contributed by atoms with Crippen molar-refractivity contribution < 1.29 is 19.7 Å². The zero-order valence-corrected chi connectivity index (χ0v) is 25.6. The molecule has 4 nitrogen and oxygen atoms in total. The number of benzene rings is 1. The van der Waals surface area contributed by atoms with E-state index in [1.54, 1.807) is 11.8 Å². The lowest BCUT2D eigenvalue weighted by atomic mass is 9.49. The van der Waals surface area contributed by atoms with Gasteiger partial charge in [-0.3, -0.25) is 0 Å². The van der Waals surface area contributed by atoms with Crippen LogP contribution in [-0.4, -0.2) is 46.7 Å². The van der Waals surface area contributed by atoms with Crippen LogP contribution in [0.4, 0.5) is 0 Å². The molecule has 1 saturated heterocycles. The summed E-state index contributed by atoms with van der Waals surface area (Å²) in [4.78, 5) is 1.24. The molecule has 37 heavy (non-hydrogen) atoms. The first-order valence-electron chi connectivity index (χ1n) is 12.8. The Morgan fingerprint density at radius 1 is 1.00 bits per heavy atom. The van der Waals surface area contributed by atoms with Gasteiger partial charge < -0.3 is 19.7 Å². The average Bonchev–Trinajstić information content (AvgIpc) is 3.39. The average molecular weight is 583 g/mol. The molecule has 1 aliphatic heterocycles. The normalized spacial score (nSPS) is 39.3. The first-order valence-corrected chi connectivity index (χ1v) is 14.1. The number of ether oxygens (including phenoxy) is 2. The molecule has 0 unspecified atom stereocenters. The minimum atomic E-state index is -1.07. The minimum absolute atomic E-state index is 0. The number of thioether (sulfide) groups is 1. The van der Waals surface area contributed by atoms with Crippen molar-refractivity contribution in [2.24, 2.45) is 17.3 Å². The Morgan fingerprint density at radius 2 is 1.68 bits per heavy atom. The summed E-state index contributed by atoms with van der Waals surface area (Å²) in [6, 6.07) is 8.88. The molecule has 206 valence electrons. The van der Waals surface area contributed by atoms with Crippen molar-refractivity contribution in [3.05, 3.63) is 41.0 Å². The highest BCUT2D eigenvalue weighted by molar-refractivity contribution is 7.98. The smallest absolute Gasteiger partial charge is 0.171 e. The van der Waals surface area contributed by atoms with Gasteiger partial charge >= 0.3 is 0 Å². The Morgan fingerprint density at radius 3 is 2.30 bits per heavy atom. The molecule has 1 heterocycles. The van der Waals surface area contributed by atoms with Crippen LogP contribution in [-0.2, 0) is 9.47 Å². The van der Waals surface area contributed by atoms with Gasteiger partial charge in [0.05, 0.1) is 18.8 Å². The highest BCUT2D eigenvalue weighted by Gasteiger charge is 2.64. The predicted octanol–water partition coefficient (Wildman–Crippen LogP) is 5.38. The lowest BCUT2D eigenvalue weighted by Crippen LogP contribution is -2.55. The summed E-state index contributed by atoms with van der Waals surface area (Å²) in [5.74, 6) is 3.04. The number of fused-ring (bicyclic) bond motifs is 4. The van der Waals surface area contributed by atoms with Gasteiger partial charge in [-0.15, -0.1) is 18.2 Å². The summed E-state index contributed by atoms with van der Waals surface area (Å²) in [7, 11) is 0. The molecule has 6 rings (SSSR count). The lowest BCUT2D eigenvalue weighted by Gasteiger charge is -2.57. The zero-order chi connectivity index (χ0) is 23.8. The van der Waals surface area contributed by atoms with E-state index in [0.29, 0.717) is 37.9 Å². The first kappa shape index (κ1) is 31.3. The summed E-state index contributed by atoms with van der Waals surface area (Å²) >= 11 is 1.75. The molecule has 3 saturated carbocycles. The van der Waals surface area contributed by atoms with E-state index in [4.69, 9.17) is 15.9 Å². The van der Waals surface area contributed by atoms with Crippen molar-refractivity contribution in [3.63, 3.8) is 0 Å². The highest BCUT2D eigenvalue weighted by Crippen LogP contribution is 2.67. The van der Waals surface area contributed by atoms with E-state index in [1.807, 2.05) is 0 Å². The van der Waals surface area contributed by atoms with E-state index in [2.05, 4.69) is 43.4 Å². The SMILES string of the molecule is C#C[C@]1(O)CC[C@H]2[C@@H]3CC[C@@]4(O)CC5(CCC4=C3[C@@H](c3ccc(SC)cc3)C[C@@]21C)OCCO5.S.S.S. The van der Waals surface area contributed by atoms with E-state index in [1.165, 1.54) is 21.6 Å². The number of aliphatic hydroxyl groups is 2. The maximum Gasteiger partial charge on any atom is 0.171 e. The molecule has 0 bridgehead atoms. The Labute approximate surface area is 247 Å². The summed E-state index contributed by atoms with van der Waals surface area (Å²) < 4.78 is 12.1. The van der Waals surface area contributed by atoms with Gasteiger partial charge in [0.1, 0.15) is 5.60 Å². The fraction of sp³-hybridized carbons (Fsp3) is 0.655. The summed E-state index contributed by atoms with van der Waals surface area (Å²) in [6.45, 7) is 3.45. The molecule has 2 N–H and O–H groups in total. The van der Waals surface area contributed by atoms with Crippen LogP contribution in [0.3, 0.4) is 0 Å². The number of hydrogen-bond acceptors (Lipinski definition) is 5. The Bertz CT molecular complexity index is 1060. The van der Waals surface area contributed by atoms with E-state index in [0.717, 1.165) is 38.5 Å². The van der Waals surface area contributed by atoms with Gasteiger partial charge in [0.2, 0.25) is 0 Å². The van der Waals surface area contributed by atoms with Crippen molar-refractivity contribution in [3.8, 4) is 12.3 Å². The minimum Gasteiger partial charge on any atom is -0.385 e. The third-order valence-electron chi connectivity index (χ3n) is 10.1. The second-order valence-corrected chi connectivity index (χ2v) is 12.4. The quantitative estimate of drug-likeness (QED) is 0.279. The maximum atomic E-state index is 12.1. The molecule has 5 aliphatic rings. The number of rotatable bonds is 2. The third-order valence-corrected chi connectivity index (χ3v) is 10.9. The topological polar surface area (TPSA) is 58.9 Å². The van der Waals surface area contributed by atoms with E-state index in [-0.39, 0.29) is 51.8 Å². The number of terminal acetylenes is 1. The molecule has 6 atom stereocenters. The third kappa shape index (κ3) is 4.64. The second-order valence-electron chi connectivity index (χ2n) is 11.5. The maximum absolute atomic E-state index is 12.1. The van der Waals surface area contributed by atoms with Crippen LogP contribution < -0.4 is 0 Å². The molecule has 4 fully saturated rings. The molecule has 4 aliphatic carbocycles. The van der Waals surface area contributed by atoms with Crippen molar-refractivity contribution in [2.75, 3.05) is 19.5 Å². The molecular formula is C29H42O4S4. The molecular weight excluding hydrogens is 541 g/mol. The van der Waals surface area contributed by atoms with Crippen molar-refractivity contribution >= 4 is 52.2 Å². The fourth-order valence-electron chi connectivity index (χ4n) is 8.39. The first-order chi connectivity index (χ1) is 16.3.